The zero-order chi connectivity index (χ0) is 18.4. The van der Waals surface area contributed by atoms with E-state index in [2.05, 4.69) is 20.9 Å². The highest BCUT2D eigenvalue weighted by molar-refractivity contribution is 5.95. The minimum atomic E-state index is -0.330. The number of urea groups is 1. The lowest BCUT2D eigenvalue weighted by atomic mass is 10.2. The van der Waals surface area contributed by atoms with Crippen molar-refractivity contribution >= 4 is 17.6 Å². The maximum atomic E-state index is 12.1. The predicted octanol–water partition coefficient (Wildman–Crippen LogP) is 1.65. The van der Waals surface area contributed by atoms with Gasteiger partial charge in [-0.25, -0.2) is 9.78 Å². The van der Waals surface area contributed by atoms with Crippen molar-refractivity contribution in [2.45, 2.75) is 25.5 Å². The highest BCUT2D eigenvalue weighted by Gasteiger charge is 2.16. The fourth-order valence-corrected chi connectivity index (χ4v) is 2.72. The maximum Gasteiger partial charge on any atom is 0.319 e. The lowest BCUT2D eigenvalue weighted by molar-refractivity contribution is 0.0858. The molecule has 2 aromatic rings. The number of ether oxygens (including phenoxy) is 1. The summed E-state index contributed by atoms with van der Waals surface area (Å²) in [5.74, 6) is 0.615. The molecule has 138 valence electrons. The van der Waals surface area contributed by atoms with Gasteiger partial charge in [-0.2, -0.15) is 0 Å². The minimum absolute atomic E-state index is 0.113. The van der Waals surface area contributed by atoms with Crippen molar-refractivity contribution in [2.75, 3.05) is 18.5 Å². The molecule has 3 rings (SSSR count). The molecule has 0 bridgehead atoms. The molecule has 1 aromatic heterocycles. The SMILES string of the molecule is Cn1ccnc1CNC(=O)Nc1ccc(C(=O)NC[C@@H]2CCCO2)cc1. The van der Waals surface area contributed by atoms with Gasteiger partial charge in [0.25, 0.3) is 5.91 Å². The monoisotopic (exact) mass is 357 g/mol. The van der Waals surface area contributed by atoms with Gasteiger partial charge in [0.1, 0.15) is 5.82 Å². The molecule has 1 atom stereocenters. The average molecular weight is 357 g/mol. The van der Waals surface area contributed by atoms with E-state index in [4.69, 9.17) is 4.74 Å². The number of hydrogen-bond acceptors (Lipinski definition) is 4. The Kier molecular flexibility index (Phi) is 5.85. The largest absolute Gasteiger partial charge is 0.376 e. The third-order valence-corrected chi connectivity index (χ3v) is 4.25. The van der Waals surface area contributed by atoms with Crippen LogP contribution in [0, 0.1) is 0 Å². The lowest BCUT2D eigenvalue weighted by Gasteiger charge is -2.11. The second kappa shape index (κ2) is 8.48. The second-order valence-corrected chi connectivity index (χ2v) is 6.18. The number of aryl methyl sites for hydroxylation is 1. The van der Waals surface area contributed by atoms with Crippen LogP contribution in [-0.4, -0.2) is 40.7 Å². The first-order valence-electron chi connectivity index (χ1n) is 8.63. The number of amides is 3. The highest BCUT2D eigenvalue weighted by atomic mass is 16.5. The number of carbonyl (C=O) groups is 2. The summed E-state index contributed by atoms with van der Waals surface area (Å²) < 4.78 is 7.32. The van der Waals surface area contributed by atoms with Gasteiger partial charge in [-0.1, -0.05) is 0 Å². The zero-order valence-electron chi connectivity index (χ0n) is 14.7. The maximum absolute atomic E-state index is 12.1. The Morgan fingerprint density at radius 1 is 1.27 bits per heavy atom. The predicted molar refractivity (Wildman–Crippen MR) is 96.8 cm³/mol. The Bertz CT molecular complexity index is 750. The first-order valence-corrected chi connectivity index (χ1v) is 8.63. The third kappa shape index (κ3) is 4.82. The fraction of sp³-hybridized carbons (Fsp3) is 0.389. The van der Waals surface area contributed by atoms with Crippen molar-refractivity contribution < 1.29 is 14.3 Å². The molecule has 2 heterocycles. The zero-order valence-corrected chi connectivity index (χ0v) is 14.7. The number of nitrogens with one attached hydrogen (secondary N) is 3. The third-order valence-electron chi connectivity index (χ3n) is 4.25. The van der Waals surface area contributed by atoms with E-state index in [1.54, 1.807) is 30.5 Å². The van der Waals surface area contributed by atoms with Crippen LogP contribution in [0.3, 0.4) is 0 Å². The number of hydrogen-bond donors (Lipinski definition) is 3. The van der Waals surface area contributed by atoms with Crippen LogP contribution in [0.2, 0.25) is 0 Å². The minimum Gasteiger partial charge on any atom is -0.376 e. The number of rotatable bonds is 6. The first kappa shape index (κ1) is 17.9. The van der Waals surface area contributed by atoms with E-state index >= 15 is 0 Å². The molecular weight excluding hydrogens is 334 g/mol. The van der Waals surface area contributed by atoms with E-state index in [0.29, 0.717) is 24.3 Å². The van der Waals surface area contributed by atoms with E-state index < -0.39 is 0 Å². The fourth-order valence-electron chi connectivity index (χ4n) is 2.72. The Balaban J connectivity index is 1.45. The molecule has 0 unspecified atom stereocenters. The van der Waals surface area contributed by atoms with Crippen molar-refractivity contribution in [1.82, 2.24) is 20.2 Å². The molecule has 3 N–H and O–H groups in total. The molecule has 3 amide bonds. The molecule has 8 nitrogen and oxygen atoms in total. The van der Waals surface area contributed by atoms with Crippen LogP contribution in [0.4, 0.5) is 10.5 Å². The summed E-state index contributed by atoms with van der Waals surface area (Å²) in [6.07, 6.45) is 5.64. The topological polar surface area (TPSA) is 97.3 Å². The van der Waals surface area contributed by atoms with Crippen LogP contribution >= 0.6 is 0 Å². The summed E-state index contributed by atoms with van der Waals surface area (Å²) in [5, 5.41) is 8.33. The molecule has 26 heavy (non-hydrogen) atoms. The Hall–Kier alpha value is -2.87. The van der Waals surface area contributed by atoms with Crippen molar-refractivity contribution in [1.29, 1.82) is 0 Å². The van der Waals surface area contributed by atoms with E-state index in [9.17, 15) is 9.59 Å². The molecule has 0 aliphatic carbocycles. The molecule has 8 heteroatoms. The number of anilines is 1. The van der Waals surface area contributed by atoms with Crippen LogP contribution in [0.15, 0.2) is 36.7 Å². The van der Waals surface area contributed by atoms with Crippen LogP contribution in [0.5, 0.6) is 0 Å². The highest BCUT2D eigenvalue weighted by Crippen LogP contribution is 2.12. The molecule has 0 radical (unpaired) electrons. The van der Waals surface area contributed by atoms with Gasteiger partial charge in [0.2, 0.25) is 0 Å². The van der Waals surface area contributed by atoms with Gasteiger partial charge in [0, 0.05) is 43.8 Å². The van der Waals surface area contributed by atoms with Crippen molar-refractivity contribution in [3.05, 3.63) is 48.0 Å². The van der Waals surface area contributed by atoms with E-state index in [1.807, 2.05) is 17.8 Å². The summed E-state index contributed by atoms with van der Waals surface area (Å²) in [4.78, 5) is 28.2. The van der Waals surface area contributed by atoms with Gasteiger partial charge in [0.15, 0.2) is 0 Å². The number of benzene rings is 1. The normalized spacial score (nSPS) is 16.3. The van der Waals surface area contributed by atoms with Gasteiger partial charge in [-0.15, -0.1) is 0 Å². The Morgan fingerprint density at radius 3 is 2.73 bits per heavy atom. The summed E-state index contributed by atoms with van der Waals surface area (Å²) in [6.45, 7) is 1.62. The van der Waals surface area contributed by atoms with Crippen LogP contribution in [-0.2, 0) is 18.3 Å². The number of aromatic nitrogens is 2. The van der Waals surface area contributed by atoms with E-state index in [-0.39, 0.29) is 18.0 Å². The Morgan fingerprint density at radius 2 is 2.08 bits per heavy atom. The molecule has 1 aliphatic rings. The molecular formula is C18H23N5O3. The molecule has 1 aromatic carbocycles. The smallest absolute Gasteiger partial charge is 0.319 e. The second-order valence-electron chi connectivity index (χ2n) is 6.18. The molecule has 1 aliphatic heterocycles. The number of nitrogens with zero attached hydrogens (tertiary/aromatic N) is 2. The number of imidazole rings is 1. The standard InChI is InChI=1S/C18H23N5O3/c1-23-9-8-19-16(23)12-21-18(25)22-14-6-4-13(5-7-14)17(24)20-11-15-3-2-10-26-15/h4-9,15H,2-3,10-12H2,1H3,(H,20,24)(H2,21,22,25)/t15-/m0/s1. The summed E-state index contributed by atoms with van der Waals surface area (Å²) >= 11 is 0. The van der Waals surface area contributed by atoms with Gasteiger partial charge in [-0.3, -0.25) is 4.79 Å². The van der Waals surface area contributed by atoms with Crippen LogP contribution in [0.25, 0.3) is 0 Å². The van der Waals surface area contributed by atoms with Gasteiger partial charge in [-0.05, 0) is 37.1 Å². The average Bonchev–Trinajstić information content (AvgIpc) is 3.30. The summed E-state index contributed by atoms with van der Waals surface area (Å²) in [6, 6.07) is 6.42. The summed E-state index contributed by atoms with van der Waals surface area (Å²) in [5.41, 5.74) is 1.15. The molecule has 0 spiro atoms. The van der Waals surface area contributed by atoms with Gasteiger partial charge >= 0.3 is 6.03 Å². The van der Waals surface area contributed by atoms with Crippen molar-refractivity contribution in [3.8, 4) is 0 Å². The van der Waals surface area contributed by atoms with Crippen molar-refractivity contribution in [3.63, 3.8) is 0 Å². The first-order chi connectivity index (χ1) is 12.6. The Labute approximate surface area is 151 Å². The van der Waals surface area contributed by atoms with E-state index in [0.717, 1.165) is 25.3 Å². The van der Waals surface area contributed by atoms with Gasteiger partial charge in [0.05, 0.1) is 12.6 Å². The quantitative estimate of drug-likeness (QED) is 0.732. The van der Waals surface area contributed by atoms with Gasteiger partial charge < -0.3 is 25.3 Å². The van der Waals surface area contributed by atoms with E-state index in [1.165, 1.54) is 0 Å². The lowest BCUT2D eigenvalue weighted by Crippen LogP contribution is -2.31. The molecule has 1 fully saturated rings. The number of carbonyl (C=O) groups excluding carboxylic acids is 2. The van der Waals surface area contributed by atoms with Crippen LogP contribution < -0.4 is 16.0 Å². The van der Waals surface area contributed by atoms with Crippen molar-refractivity contribution in [2.24, 2.45) is 7.05 Å². The van der Waals surface area contributed by atoms with Crippen LogP contribution in [0.1, 0.15) is 29.0 Å². The molecule has 1 saturated heterocycles. The molecule has 0 saturated carbocycles. The summed E-state index contributed by atoms with van der Waals surface area (Å²) in [7, 11) is 1.87.